The fourth-order valence-electron chi connectivity index (χ4n) is 1.78. The lowest BCUT2D eigenvalue weighted by Crippen LogP contribution is -2.28. The first kappa shape index (κ1) is 11.9. The molecule has 4 heteroatoms. The molecule has 0 aliphatic rings. The van der Waals surface area contributed by atoms with Crippen LogP contribution in [-0.2, 0) is 7.05 Å². The van der Waals surface area contributed by atoms with E-state index in [9.17, 15) is 0 Å². The highest BCUT2D eigenvalue weighted by Gasteiger charge is 2.20. The Morgan fingerprint density at radius 3 is 2.82 bits per heavy atom. The van der Waals surface area contributed by atoms with Crippen molar-refractivity contribution in [2.75, 3.05) is 6.54 Å². The van der Waals surface area contributed by atoms with E-state index in [0.29, 0.717) is 5.92 Å². The first-order valence-corrected chi connectivity index (χ1v) is 5.92. The van der Waals surface area contributed by atoms with E-state index in [1.165, 1.54) is 0 Å². The third kappa shape index (κ3) is 2.77. The molecule has 0 spiro atoms. The SMILES string of the molecule is CC(C)CNC(c1ccco1)c1nccn1C. The van der Waals surface area contributed by atoms with Crippen LogP contribution < -0.4 is 5.32 Å². The normalized spacial score (nSPS) is 13.2. The van der Waals surface area contributed by atoms with Crippen molar-refractivity contribution in [3.63, 3.8) is 0 Å². The zero-order valence-corrected chi connectivity index (χ0v) is 10.6. The molecule has 2 aromatic heterocycles. The maximum absolute atomic E-state index is 5.49. The minimum atomic E-state index is 0.0207. The predicted molar refractivity (Wildman–Crippen MR) is 66.6 cm³/mol. The van der Waals surface area contributed by atoms with Crippen LogP contribution in [0.15, 0.2) is 35.2 Å². The Morgan fingerprint density at radius 2 is 2.29 bits per heavy atom. The summed E-state index contributed by atoms with van der Waals surface area (Å²) in [7, 11) is 2.00. The van der Waals surface area contributed by atoms with Gasteiger partial charge in [-0.3, -0.25) is 0 Å². The van der Waals surface area contributed by atoms with Crippen LogP contribution in [0, 0.1) is 5.92 Å². The summed E-state index contributed by atoms with van der Waals surface area (Å²) in [5.74, 6) is 2.47. The van der Waals surface area contributed by atoms with E-state index in [-0.39, 0.29) is 6.04 Å². The zero-order valence-electron chi connectivity index (χ0n) is 10.6. The summed E-state index contributed by atoms with van der Waals surface area (Å²) in [4.78, 5) is 4.39. The molecule has 0 bridgehead atoms. The third-order valence-corrected chi connectivity index (χ3v) is 2.67. The molecule has 0 saturated carbocycles. The highest BCUT2D eigenvalue weighted by molar-refractivity contribution is 5.15. The molecule has 2 rings (SSSR count). The minimum absolute atomic E-state index is 0.0207. The molecule has 0 amide bonds. The molecule has 2 heterocycles. The number of aryl methyl sites for hydroxylation is 1. The molecule has 17 heavy (non-hydrogen) atoms. The van der Waals surface area contributed by atoms with E-state index in [2.05, 4.69) is 24.1 Å². The van der Waals surface area contributed by atoms with Crippen molar-refractivity contribution in [3.8, 4) is 0 Å². The second-order valence-electron chi connectivity index (χ2n) is 4.65. The van der Waals surface area contributed by atoms with Gasteiger partial charge in [0.15, 0.2) is 0 Å². The molecular formula is C13H19N3O. The van der Waals surface area contributed by atoms with Gasteiger partial charge in [0.05, 0.1) is 6.26 Å². The van der Waals surface area contributed by atoms with Gasteiger partial charge in [0.2, 0.25) is 0 Å². The fourth-order valence-corrected chi connectivity index (χ4v) is 1.78. The van der Waals surface area contributed by atoms with Gasteiger partial charge in [-0.1, -0.05) is 13.8 Å². The van der Waals surface area contributed by atoms with Crippen molar-refractivity contribution >= 4 is 0 Å². The van der Waals surface area contributed by atoms with Gasteiger partial charge >= 0.3 is 0 Å². The van der Waals surface area contributed by atoms with Crippen LogP contribution in [-0.4, -0.2) is 16.1 Å². The molecule has 0 fully saturated rings. The van der Waals surface area contributed by atoms with E-state index in [4.69, 9.17) is 4.42 Å². The van der Waals surface area contributed by atoms with Crippen molar-refractivity contribution in [3.05, 3.63) is 42.4 Å². The zero-order chi connectivity index (χ0) is 12.3. The Kier molecular flexibility index (Phi) is 3.64. The Hall–Kier alpha value is -1.55. The summed E-state index contributed by atoms with van der Waals surface area (Å²) in [6, 6.07) is 3.90. The summed E-state index contributed by atoms with van der Waals surface area (Å²) < 4.78 is 7.51. The summed E-state index contributed by atoms with van der Waals surface area (Å²) in [6.07, 6.45) is 5.45. The van der Waals surface area contributed by atoms with Gasteiger partial charge in [-0.15, -0.1) is 0 Å². The number of imidazole rings is 1. The van der Waals surface area contributed by atoms with Crippen LogP contribution in [0.3, 0.4) is 0 Å². The lowest BCUT2D eigenvalue weighted by molar-refractivity contribution is 0.411. The average Bonchev–Trinajstić information content (AvgIpc) is 2.91. The largest absolute Gasteiger partial charge is 0.467 e. The number of nitrogens with one attached hydrogen (secondary N) is 1. The quantitative estimate of drug-likeness (QED) is 0.862. The lowest BCUT2D eigenvalue weighted by Gasteiger charge is -2.17. The Labute approximate surface area is 102 Å². The van der Waals surface area contributed by atoms with E-state index in [1.54, 1.807) is 6.26 Å². The van der Waals surface area contributed by atoms with Crippen LogP contribution in [0.1, 0.15) is 31.5 Å². The molecule has 0 radical (unpaired) electrons. The highest BCUT2D eigenvalue weighted by Crippen LogP contribution is 2.20. The van der Waals surface area contributed by atoms with Crippen LogP contribution in [0.5, 0.6) is 0 Å². The maximum atomic E-state index is 5.49. The summed E-state index contributed by atoms with van der Waals surface area (Å²) in [5, 5.41) is 3.49. The van der Waals surface area contributed by atoms with E-state index in [0.717, 1.165) is 18.1 Å². The smallest absolute Gasteiger partial charge is 0.133 e. The predicted octanol–water partition coefficient (Wildman–Crippen LogP) is 2.35. The van der Waals surface area contributed by atoms with Crippen molar-refractivity contribution in [2.24, 2.45) is 13.0 Å². The molecule has 1 N–H and O–H groups in total. The Morgan fingerprint density at radius 1 is 1.47 bits per heavy atom. The highest BCUT2D eigenvalue weighted by atomic mass is 16.3. The molecule has 1 unspecified atom stereocenters. The second-order valence-corrected chi connectivity index (χ2v) is 4.65. The topological polar surface area (TPSA) is 43.0 Å². The Bertz CT molecular complexity index is 445. The van der Waals surface area contributed by atoms with Crippen molar-refractivity contribution in [2.45, 2.75) is 19.9 Å². The number of nitrogens with zero attached hydrogens (tertiary/aromatic N) is 2. The van der Waals surface area contributed by atoms with Gasteiger partial charge in [-0.05, 0) is 24.6 Å². The molecule has 0 aliphatic carbocycles. The molecule has 4 nitrogen and oxygen atoms in total. The molecule has 1 atom stereocenters. The maximum Gasteiger partial charge on any atom is 0.133 e. The molecule has 0 saturated heterocycles. The number of furan rings is 1. The van der Waals surface area contributed by atoms with Crippen molar-refractivity contribution < 1.29 is 4.42 Å². The number of hydrogen-bond donors (Lipinski definition) is 1. The van der Waals surface area contributed by atoms with Crippen molar-refractivity contribution in [1.82, 2.24) is 14.9 Å². The monoisotopic (exact) mass is 233 g/mol. The molecule has 2 aromatic rings. The van der Waals surface area contributed by atoms with Gasteiger partial charge in [-0.25, -0.2) is 4.98 Å². The van der Waals surface area contributed by atoms with E-state index in [1.807, 2.05) is 36.1 Å². The summed E-state index contributed by atoms with van der Waals surface area (Å²) in [5.41, 5.74) is 0. The van der Waals surface area contributed by atoms with Crippen molar-refractivity contribution in [1.29, 1.82) is 0 Å². The number of hydrogen-bond acceptors (Lipinski definition) is 3. The first-order valence-electron chi connectivity index (χ1n) is 5.92. The molecule has 92 valence electrons. The minimum Gasteiger partial charge on any atom is -0.467 e. The van der Waals surface area contributed by atoms with Gasteiger partial charge in [-0.2, -0.15) is 0 Å². The van der Waals surface area contributed by atoms with Gasteiger partial charge in [0.1, 0.15) is 17.6 Å². The van der Waals surface area contributed by atoms with Crippen LogP contribution in [0.2, 0.25) is 0 Å². The van der Waals surface area contributed by atoms with E-state index < -0.39 is 0 Å². The number of aromatic nitrogens is 2. The lowest BCUT2D eigenvalue weighted by atomic mass is 10.1. The molecule has 0 aliphatic heterocycles. The molecule has 0 aromatic carbocycles. The standard InChI is InChI=1S/C13H19N3O/c1-10(2)9-15-12(11-5-4-8-17-11)13-14-6-7-16(13)3/h4-8,10,12,15H,9H2,1-3H3. The van der Waals surface area contributed by atoms with Crippen LogP contribution in [0.25, 0.3) is 0 Å². The average molecular weight is 233 g/mol. The van der Waals surface area contributed by atoms with Crippen LogP contribution >= 0.6 is 0 Å². The van der Waals surface area contributed by atoms with Gasteiger partial charge in [0.25, 0.3) is 0 Å². The Balaban J connectivity index is 2.22. The van der Waals surface area contributed by atoms with Gasteiger partial charge in [0, 0.05) is 19.4 Å². The molecular weight excluding hydrogens is 214 g/mol. The van der Waals surface area contributed by atoms with Crippen LogP contribution in [0.4, 0.5) is 0 Å². The third-order valence-electron chi connectivity index (χ3n) is 2.67. The summed E-state index contributed by atoms with van der Waals surface area (Å²) in [6.45, 7) is 5.30. The van der Waals surface area contributed by atoms with Gasteiger partial charge < -0.3 is 14.3 Å². The fraction of sp³-hybridized carbons (Fsp3) is 0.462. The number of rotatable bonds is 5. The summed E-state index contributed by atoms with van der Waals surface area (Å²) >= 11 is 0. The van der Waals surface area contributed by atoms with E-state index >= 15 is 0 Å². The second kappa shape index (κ2) is 5.19. The first-order chi connectivity index (χ1) is 8.18.